The molecule has 23 heavy (non-hydrogen) atoms. The first kappa shape index (κ1) is 14.7. The predicted octanol–water partition coefficient (Wildman–Crippen LogP) is 2.86. The Kier molecular flexibility index (Phi) is 3.79. The second-order valence-electron chi connectivity index (χ2n) is 6.96. The van der Waals surface area contributed by atoms with Crippen LogP contribution in [0.5, 0.6) is 0 Å². The molecule has 3 heterocycles. The van der Waals surface area contributed by atoms with Crippen molar-refractivity contribution in [3.63, 3.8) is 0 Å². The Morgan fingerprint density at radius 2 is 1.91 bits per heavy atom. The van der Waals surface area contributed by atoms with Crippen molar-refractivity contribution in [2.24, 2.45) is 13.0 Å². The standard InChI is InChI=1S/C18H24N4O/c1-21-17-15(7-4-10-19-17)16(20-21)13-8-11-22(12-9-13)18(23)14-5-2-3-6-14/h4,7,10,13-14H,2-3,5-6,8-9,11-12H2,1H3. The molecule has 122 valence electrons. The number of hydrogen-bond donors (Lipinski definition) is 0. The molecule has 2 aromatic rings. The van der Waals surface area contributed by atoms with Crippen molar-refractivity contribution >= 4 is 16.9 Å². The van der Waals surface area contributed by atoms with Crippen LogP contribution in [0.2, 0.25) is 0 Å². The monoisotopic (exact) mass is 312 g/mol. The highest BCUT2D eigenvalue weighted by molar-refractivity contribution is 5.80. The number of hydrogen-bond acceptors (Lipinski definition) is 3. The molecule has 1 aliphatic heterocycles. The molecule has 4 rings (SSSR count). The highest BCUT2D eigenvalue weighted by atomic mass is 16.2. The summed E-state index contributed by atoms with van der Waals surface area (Å²) >= 11 is 0. The summed E-state index contributed by atoms with van der Waals surface area (Å²) in [6, 6.07) is 4.09. The quantitative estimate of drug-likeness (QED) is 0.857. The first-order valence-corrected chi connectivity index (χ1v) is 8.80. The Bertz CT molecular complexity index is 709. The molecular formula is C18H24N4O. The average Bonchev–Trinajstić information content (AvgIpc) is 3.23. The molecule has 0 radical (unpaired) electrons. The molecule has 0 unspecified atom stereocenters. The van der Waals surface area contributed by atoms with Crippen LogP contribution in [0.1, 0.15) is 50.1 Å². The zero-order chi connectivity index (χ0) is 15.8. The summed E-state index contributed by atoms with van der Waals surface area (Å²) in [7, 11) is 1.96. The van der Waals surface area contributed by atoms with Crippen LogP contribution in [0.3, 0.4) is 0 Å². The number of aryl methyl sites for hydroxylation is 1. The van der Waals surface area contributed by atoms with E-state index in [1.807, 2.05) is 24.0 Å². The second-order valence-corrected chi connectivity index (χ2v) is 6.96. The van der Waals surface area contributed by atoms with E-state index in [0.717, 1.165) is 55.5 Å². The SMILES string of the molecule is Cn1nc(C2CCN(C(=O)C3CCCC3)CC2)c2cccnc21. The summed E-state index contributed by atoms with van der Waals surface area (Å²) in [6.07, 6.45) is 8.47. The van der Waals surface area contributed by atoms with E-state index in [2.05, 4.69) is 16.0 Å². The fraction of sp³-hybridized carbons (Fsp3) is 0.611. The van der Waals surface area contributed by atoms with E-state index in [9.17, 15) is 4.79 Å². The number of amides is 1. The largest absolute Gasteiger partial charge is 0.342 e. The molecule has 1 saturated carbocycles. The smallest absolute Gasteiger partial charge is 0.225 e. The van der Waals surface area contributed by atoms with Gasteiger partial charge in [0.05, 0.1) is 5.69 Å². The van der Waals surface area contributed by atoms with Crippen LogP contribution in [-0.2, 0) is 11.8 Å². The molecule has 0 spiro atoms. The minimum absolute atomic E-state index is 0.298. The van der Waals surface area contributed by atoms with Crippen molar-refractivity contribution in [3.8, 4) is 0 Å². The topological polar surface area (TPSA) is 51.0 Å². The van der Waals surface area contributed by atoms with Gasteiger partial charge in [-0.05, 0) is 37.8 Å². The zero-order valence-corrected chi connectivity index (χ0v) is 13.7. The number of carbonyl (C=O) groups excluding carboxylic acids is 1. The molecule has 0 aromatic carbocycles. The molecule has 2 aromatic heterocycles. The first-order valence-electron chi connectivity index (χ1n) is 8.80. The third kappa shape index (κ3) is 2.62. The van der Waals surface area contributed by atoms with Crippen LogP contribution in [0.4, 0.5) is 0 Å². The van der Waals surface area contributed by atoms with Gasteiger partial charge in [-0.25, -0.2) is 4.98 Å². The number of nitrogens with zero attached hydrogens (tertiary/aromatic N) is 4. The molecule has 1 saturated heterocycles. The lowest BCUT2D eigenvalue weighted by atomic mass is 9.91. The predicted molar refractivity (Wildman–Crippen MR) is 89.0 cm³/mol. The lowest BCUT2D eigenvalue weighted by Gasteiger charge is -2.33. The molecule has 0 N–H and O–H groups in total. The van der Waals surface area contributed by atoms with E-state index in [1.54, 1.807) is 0 Å². The fourth-order valence-corrected chi connectivity index (χ4v) is 4.22. The molecule has 5 heteroatoms. The van der Waals surface area contributed by atoms with E-state index >= 15 is 0 Å². The van der Waals surface area contributed by atoms with Crippen molar-refractivity contribution < 1.29 is 4.79 Å². The molecule has 0 atom stereocenters. The van der Waals surface area contributed by atoms with Gasteiger partial charge in [-0.2, -0.15) is 5.10 Å². The van der Waals surface area contributed by atoms with E-state index in [0.29, 0.717) is 17.7 Å². The van der Waals surface area contributed by atoms with Gasteiger partial charge in [0.15, 0.2) is 5.65 Å². The fourth-order valence-electron chi connectivity index (χ4n) is 4.22. The number of aromatic nitrogens is 3. The first-order chi connectivity index (χ1) is 11.2. The Labute approximate surface area is 136 Å². The highest BCUT2D eigenvalue weighted by Gasteiger charge is 2.31. The van der Waals surface area contributed by atoms with E-state index in [4.69, 9.17) is 5.10 Å². The maximum absolute atomic E-state index is 12.6. The average molecular weight is 312 g/mol. The number of rotatable bonds is 2. The van der Waals surface area contributed by atoms with Crippen molar-refractivity contribution in [1.82, 2.24) is 19.7 Å². The summed E-state index contributed by atoms with van der Waals surface area (Å²) in [5.41, 5.74) is 2.11. The minimum atomic E-state index is 0.298. The third-order valence-electron chi connectivity index (χ3n) is 5.52. The van der Waals surface area contributed by atoms with Gasteiger partial charge in [0.1, 0.15) is 0 Å². The van der Waals surface area contributed by atoms with Crippen LogP contribution >= 0.6 is 0 Å². The highest BCUT2D eigenvalue weighted by Crippen LogP contribution is 2.33. The van der Waals surface area contributed by atoms with Crippen LogP contribution in [-0.4, -0.2) is 38.7 Å². The van der Waals surface area contributed by atoms with Crippen molar-refractivity contribution in [2.45, 2.75) is 44.4 Å². The molecular weight excluding hydrogens is 288 g/mol. The van der Waals surface area contributed by atoms with Crippen LogP contribution < -0.4 is 0 Å². The molecule has 5 nitrogen and oxygen atoms in total. The summed E-state index contributed by atoms with van der Waals surface area (Å²) in [4.78, 5) is 19.1. The molecule has 0 bridgehead atoms. The third-order valence-corrected chi connectivity index (χ3v) is 5.52. The Morgan fingerprint density at radius 1 is 1.17 bits per heavy atom. The lowest BCUT2D eigenvalue weighted by molar-refractivity contribution is -0.136. The summed E-state index contributed by atoms with van der Waals surface area (Å²) in [5.74, 6) is 1.13. The Hall–Kier alpha value is -1.91. The summed E-state index contributed by atoms with van der Waals surface area (Å²) < 4.78 is 1.88. The number of carbonyl (C=O) groups is 1. The number of fused-ring (bicyclic) bond motifs is 1. The van der Waals surface area contributed by atoms with Crippen LogP contribution in [0.15, 0.2) is 18.3 Å². The van der Waals surface area contributed by atoms with E-state index in [1.165, 1.54) is 12.8 Å². The van der Waals surface area contributed by atoms with Crippen molar-refractivity contribution in [2.75, 3.05) is 13.1 Å². The zero-order valence-electron chi connectivity index (χ0n) is 13.7. The molecule has 2 aliphatic rings. The Morgan fingerprint density at radius 3 is 2.65 bits per heavy atom. The van der Waals surface area contributed by atoms with Crippen LogP contribution in [0.25, 0.3) is 11.0 Å². The van der Waals surface area contributed by atoms with Gasteiger partial charge in [-0.1, -0.05) is 12.8 Å². The lowest BCUT2D eigenvalue weighted by Crippen LogP contribution is -2.40. The normalized spacial score (nSPS) is 20.5. The van der Waals surface area contributed by atoms with E-state index in [-0.39, 0.29) is 0 Å². The van der Waals surface area contributed by atoms with Gasteiger partial charge >= 0.3 is 0 Å². The molecule has 2 fully saturated rings. The van der Waals surface area contributed by atoms with Gasteiger partial charge in [0.25, 0.3) is 0 Å². The summed E-state index contributed by atoms with van der Waals surface area (Å²) in [5, 5.41) is 5.87. The number of piperidine rings is 1. The number of likely N-dealkylation sites (tertiary alicyclic amines) is 1. The van der Waals surface area contributed by atoms with Gasteiger partial charge in [0, 0.05) is 43.6 Å². The summed E-state index contributed by atoms with van der Waals surface area (Å²) in [6.45, 7) is 1.75. The Balaban J connectivity index is 1.47. The van der Waals surface area contributed by atoms with Gasteiger partial charge < -0.3 is 4.90 Å². The second kappa shape index (κ2) is 5.95. The minimum Gasteiger partial charge on any atom is -0.342 e. The van der Waals surface area contributed by atoms with Gasteiger partial charge in [0.2, 0.25) is 5.91 Å². The van der Waals surface area contributed by atoms with E-state index < -0.39 is 0 Å². The molecule has 1 amide bonds. The van der Waals surface area contributed by atoms with Crippen molar-refractivity contribution in [3.05, 3.63) is 24.0 Å². The van der Waals surface area contributed by atoms with Crippen molar-refractivity contribution in [1.29, 1.82) is 0 Å². The maximum atomic E-state index is 12.6. The van der Waals surface area contributed by atoms with Crippen LogP contribution in [0, 0.1) is 5.92 Å². The maximum Gasteiger partial charge on any atom is 0.225 e. The van der Waals surface area contributed by atoms with Gasteiger partial charge in [-0.15, -0.1) is 0 Å². The number of pyridine rings is 1. The van der Waals surface area contributed by atoms with Gasteiger partial charge in [-0.3, -0.25) is 9.48 Å². The molecule has 1 aliphatic carbocycles.